The van der Waals surface area contributed by atoms with Crippen LogP contribution < -0.4 is 20.1 Å². The van der Waals surface area contributed by atoms with E-state index in [1.807, 2.05) is 12.1 Å². The van der Waals surface area contributed by atoms with Gasteiger partial charge >= 0.3 is 6.18 Å². The van der Waals surface area contributed by atoms with E-state index in [1.165, 1.54) is 0 Å². The molecular weight excluding hydrogens is 389 g/mol. The third-order valence-electron chi connectivity index (χ3n) is 4.28. The Bertz CT molecular complexity index is 882. The second-order valence-electron chi connectivity index (χ2n) is 6.37. The van der Waals surface area contributed by atoms with Crippen molar-refractivity contribution >= 4 is 11.8 Å². The van der Waals surface area contributed by atoms with Gasteiger partial charge in [-0.25, -0.2) is 0 Å². The summed E-state index contributed by atoms with van der Waals surface area (Å²) in [6.07, 6.45) is -3.65. The number of halogens is 3. The molecule has 2 N–H and O–H groups in total. The van der Waals surface area contributed by atoms with E-state index in [0.717, 1.165) is 29.8 Å². The molecule has 0 aliphatic carbocycles. The van der Waals surface area contributed by atoms with Crippen LogP contribution in [-0.2, 0) is 17.4 Å². The molecule has 0 aromatic heterocycles. The highest BCUT2D eigenvalue weighted by Crippen LogP contribution is 2.32. The molecule has 2 aromatic rings. The van der Waals surface area contributed by atoms with Crippen LogP contribution in [0.1, 0.15) is 27.9 Å². The minimum atomic E-state index is -4.44. The van der Waals surface area contributed by atoms with Gasteiger partial charge in [0.1, 0.15) is 0 Å². The zero-order valence-electron chi connectivity index (χ0n) is 15.3. The van der Waals surface area contributed by atoms with E-state index in [-0.39, 0.29) is 37.8 Å². The summed E-state index contributed by atoms with van der Waals surface area (Å²) in [5.74, 6) is 0.663. The Morgan fingerprint density at radius 2 is 1.62 bits per heavy atom. The van der Waals surface area contributed by atoms with Crippen molar-refractivity contribution in [2.75, 3.05) is 19.9 Å². The van der Waals surface area contributed by atoms with Crippen LogP contribution in [0.3, 0.4) is 0 Å². The van der Waals surface area contributed by atoms with E-state index < -0.39 is 17.6 Å². The zero-order valence-corrected chi connectivity index (χ0v) is 15.3. The first-order valence-electron chi connectivity index (χ1n) is 8.93. The van der Waals surface area contributed by atoms with Gasteiger partial charge in [0.05, 0.1) is 5.56 Å². The molecule has 3 rings (SSSR count). The molecule has 29 heavy (non-hydrogen) atoms. The van der Waals surface area contributed by atoms with Crippen LogP contribution >= 0.6 is 0 Å². The van der Waals surface area contributed by atoms with Crippen molar-refractivity contribution in [3.05, 3.63) is 59.2 Å². The van der Waals surface area contributed by atoms with Crippen LogP contribution in [0.4, 0.5) is 13.2 Å². The third kappa shape index (κ3) is 5.63. The van der Waals surface area contributed by atoms with Gasteiger partial charge in [-0.15, -0.1) is 0 Å². The molecule has 0 bridgehead atoms. The van der Waals surface area contributed by atoms with Crippen molar-refractivity contribution in [3.8, 4) is 11.5 Å². The van der Waals surface area contributed by atoms with E-state index >= 15 is 0 Å². The largest absolute Gasteiger partial charge is 0.454 e. The average Bonchev–Trinajstić information content (AvgIpc) is 3.17. The number of aryl methyl sites for hydroxylation is 1. The van der Waals surface area contributed by atoms with Crippen LogP contribution in [0, 0.1) is 0 Å². The number of fused-ring (bicyclic) bond motifs is 1. The molecule has 9 heteroatoms. The Kier molecular flexibility index (Phi) is 6.26. The predicted octanol–water partition coefficient (Wildman–Crippen LogP) is 2.91. The van der Waals surface area contributed by atoms with Crippen molar-refractivity contribution in [1.82, 2.24) is 10.6 Å². The highest BCUT2D eigenvalue weighted by molar-refractivity contribution is 5.94. The summed E-state index contributed by atoms with van der Waals surface area (Å²) in [6.45, 7) is 0.569. The molecule has 2 aromatic carbocycles. The van der Waals surface area contributed by atoms with Crippen molar-refractivity contribution < 1.29 is 32.2 Å². The van der Waals surface area contributed by atoms with E-state index in [0.29, 0.717) is 17.9 Å². The Labute approximate surface area is 165 Å². The lowest BCUT2D eigenvalue weighted by Crippen LogP contribution is -2.34. The standard InChI is InChI=1S/C20H19F3N2O4/c21-20(22,23)15-5-3-14(4-6-15)19(27)25-10-9-24-18(26)8-2-13-1-7-16-17(11-13)29-12-28-16/h1,3-7,11H,2,8-10,12H2,(H,24,26)(H,25,27). The van der Waals surface area contributed by atoms with Gasteiger partial charge < -0.3 is 20.1 Å². The van der Waals surface area contributed by atoms with Crippen LogP contribution in [0.15, 0.2) is 42.5 Å². The fourth-order valence-electron chi connectivity index (χ4n) is 2.73. The molecule has 0 unspecified atom stereocenters. The lowest BCUT2D eigenvalue weighted by molar-refractivity contribution is -0.137. The number of ether oxygens (including phenoxy) is 2. The third-order valence-corrected chi connectivity index (χ3v) is 4.28. The summed E-state index contributed by atoms with van der Waals surface area (Å²) in [6, 6.07) is 9.43. The first kappa shape index (κ1) is 20.5. The maximum absolute atomic E-state index is 12.5. The second kappa shape index (κ2) is 8.85. The molecule has 154 valence electrons. The van der Waals surface area contributed by atoms with E-state index in [9.17, 15) is 22.8 Å². The molecule has 0 radical (unpaired) electrons. The topological polar surface area (TPSA) is 76.7 Å². The fourth-order valence-corrected chi connectivity index (χ4v) is 2.73. The molecule has 2 amide bonds. The molecular formula is C20H19F3N2O4. The highest BCUT2D eigenvalue weighted by Gasteiger charge is 2.30. The van der Waals surface area contributed by atoms with Crippen molar-refractivity contribution in [2.45, 2.75) is 19.0 Å². The lowest BCUT2D eigenvalue weighted by atomic mass is 10.1. The first-order chi connectivity index (χ1) is 13.8. The second-order valence-corrected chi connectivity index (χ2v) is 6.37. The summed E-state index contributed by atoms with van der Waals surface area (Å²) in [5.41, 5.74) is 0.246. The van der Waals surface area contributed by atoms with Gasteiger partial charge in [-0.05, 0) is 48.4 Å². The van der Waals surface area contributed by atoms with Gasteiger partial charge in [0, 0.05) is 25.1 Å². The Balaban J connectivity index is 1.35. The first-order valence-corrected chi connectivity index (χ1v) is 8.93. The summed E-state index contributed by atoms with van der Waals surface area (Å²) in [5, 5.41) is 5.23. The minimum Gasteiger partial charge on any atom is -0.454 e. The number of carbonyl (C=O) groups is 2. The quantitative estimate of drug-likeness (QED) is 0.691. The summed E-state index contributed by atoms with van der Waals surface area (Å²) >= 11 is 0. The number of rotatable bonds is 7. The van der Waals surface area contributed by atoms with Crippen molar-refractivity contribution in [1.29, 1.82) is 0 Å². The molecule has 1 aliphatic rings. The van der Waals surface area contributed by atoms with E-state index in [4.69, 9.17) is 9.47 Å². The normalized spacial score (nSPS) is 12.5. The van der Waals surface area contributed by atoms with Crippen LogP contribution in [0.2, 0.25) is 0 Å². The molecule has 0 atom stereocenters. The summed E-state index contributed by atoms with van der Waals surface area (Å²) in [7, 11) is 0. The molecule has 6 nitrogen and oxygen atoms in total. The van der Waals surface area contributed by atoms with Gasteiger partial charge in [0.15, 0.2) is 11.5 Å². The molecule has 0 saturated carbocycles. The van der Waals surface area contributed by atoms with Gasteiger partial charge in [-0.1, -0.05) is 6.07 Å². The van der Waals surface area contributed by atoms with Gasteiger partial charge in [0.25, 0.3) is 5.91 Å². The lowest BCUT2D eigenvalue weighted by Gasteiger charge is -2.09. The number of hydrogen-bond donors (Lipinski definition) is 2. The van der Waals surface area contributed by atoms with Gasteiger partial charge in [-0.3, -0.25) is 9.59 Å². The van der Waals surface area contributed by atoms with Crippen LogP contribution in [0.25, 0.3) is 0 Å². The maximum atomic E-state index is 12.5. The zero-order chi connectivity index (χ0) is 20.9. The van der Waals surface area contributed by atoms with Crippen LogP contribution in [-0.4, -0.2) is 31.7 Å². The SMILES string of the molecule is O=C(CCc1ccc2c(c1)OCO2)NCCNC(=O)c1ccc(C(F)(F)F)cc1. The minimum absolute atomic E-state index is 0.118. The van der Waals surface area contributed by atoms with E-state index in [1.54, 1.807) is 6.07 Å². The summed E-state index contributed by atoms with van der Waals surface area (Å²) < 4.78 is 48.1. The van der Waals surface area contributed by atoms with Crippen molar-refractivity contribution in [2.24, 2.45) is 0 Å². The van der Waals surface area contributed by atoms with Crippen molar-refractivity contribution in [3.63, 3.8) is 0 Å². The number of amides is 2. The molecule has 0 saturated heterocycles. The number of benzene rings is 2. The van der Waals surface area contributed by atoms with Gasteiger partial charge in [0.2, 0.25) is 12.7 Å². The summed E-state index contributed by atoms with van der Waals surface area (Å²) in [4.78, 5) is 23.8. The average molecular weight is 408 g/mol. The fraction of sp³-hybridized carbons (Fsp3) is 0.300. The monoisotopic (exact) mass is 408 g/mol. The maximum Gasteiger partial charge on any atom is 0.416 e. The Morgan fingerprint density at radius 3 is 2.34 bits per heavy atom. The predicted molar refractivity (Wildman–Crippen MR) is 97.7 cm³/mol. The highest BCUT2D eigenvalue weighted by atomic mass is 19.4. The molecule has 0 spiro atoms. The van der Waals surface area contributed by atoms with Gasteiger partial charge in [-0.2, -0.15) is 13.2 Å². The number of hydrogen-bond acceptors (Lipinski definition) is 4. The molecule has 1 heterocycles. The number of carbonyl (C=O) groups excluding carboxylic acids is 2. The number of nitrogens with one attached hydrogen (secondary N) is 2. The van der Waals surface area contributed by atoms with Crippen LogP contribution in [0.5, 0.6) is 11.5 Å². The van der Waals surface area contributed by atoms with E-state index in [2.05, 4.69) is 10.6 Å². The Hall–Kier alpha value is -3.23. The number of alkyl halides is 3. The molecule has 0 fully saturated rings. The molecule has 1 aliphatic heterocycles. The Morgan fingerprint density at radius 1 is 0.931 bits per heavy atom. The smallest absolute Gasteiger partial charge is 0.416 e.